The Morgan fingerprint density at radius 2 is 2.21 bits per heavy atom. The molecule has 1 aromatic rings. The first kappa shape index (κ1) is 13.8. The van der Waals surface area contributed by atoms with Crippen molar-refractivity contribution in [2.75, 3.05) is 6.61 Å². The zero-order valence-electron chi connectivity index (χ0n) is 7.87. The normalized spacial score (nSPS) is 8.93. The Morgan fingerprint density at radius 1 is 1.50 bits per heavy atom. The second-order valence-corrected chi connectivity index (χ2v) is 2.89. The van der Waals surface area contributed by atoms with Gasteiger partial charge in [0.25, 0.3) is 0 Å². The average Bonchev–Trinajstić information content (AvgIpc) is 2.03. The van der Waals surface area contributed by atoms with Crippen LogP contribution < -0.4 is 4.74 Å². The van der Waals surface area contributed by atoms with E-state index in [0.29, 0.717) is 10.8 Å². The van der Waals surface area contributed by atoms with Crippen LogP contribution >= 0.6 is 11.6 Å². The molecule has 0 atom stereocenters. The summed E-state index contributed by atoms with van der Waals surface area (Å²) in [5, 5.41) is 8.92. The Balaban J connectivity index is 0.00000169. The summed E-state index contributed by atoms with van der Waals surface area (Å²) in [4.78, 5) is 10.2. The van der Waals surface area contributed by atoms with Crippen LogP contribution in [0.5, 0.6) is 5.75 Å². The molecule has 0 aliphatic carbocycles. The van der Waals surface area contributed by atoms with Gasteiger partial charge in [-0.3, -0.25) is 4.79 Å². The van der Waals surface area contributed by atoms with Crippen LogP contribution in [0.2, 0.25) is 5.02 Å². The third-order valence-electron chi connectivity index (χ3n) is 1.38. The van der Waals surface area contributed by atoms with Crippen molar-refractivity contribution in [3.05, 3.63) is 29.3 Å². The molecule has 0 saturated heterocycles. The van der Waals surface area contributed by atoms with E-state index in [1.807, 2.05) is 0 Å². The van der Waals surface area contributed by atoms with E-state index in [1.165, 1.54) is 0 Å². The Hall–Kier alpha value is -0.220. The topological polar surface area (TPSA) is 46.5 Å². The predicted molar refractivity (Wildman–Crippen MR) is 55.0 cm³/mol. The van der Waals surface area contributed by atoms with E-state index in [9.17, 15) is 4.79 Å². The molecular weight excluding hydrogens is 215 g/mol. The SMILES string of the molecule is O=C(O)CCOc1cccc(Cl)c1.[Na]. The maximum Gasteiger partial charge on any atom is 0.306 e. The quantitative estimate of drug-likeness (QED) is 0.792. The number of benzene rings is 1. The molecule has 0 aromatic heterocycles. The molecule has 5 heteroatoms. The zero-order valence-corrected chi connectivity index (χ0v) is 10.6. The Morgan fingerprint density at radius 3 is 2.79 bits per heavy atom. The number of hydrogen-bond acceptors (Lipinski definition) is 2. The van der Waals surface area contributed by atoms with Gasteiger partial charge in [0, 0.05) is 34.6 Å². The van der Waals surface area contributed by atoms with Gasteiger partial charge in [0.05, 0.1) is 13.0 Å². The van der Waals surface area contributed by atoms with Crippen LogP contribution in [0.4, 0.5) is 0 Å². The minimum absolute atomic E-state index is 0. The van der Waals surface area contributed by atoms with Crippen molar-refractivity contribution < 1.29 is 14.6 Å². The fourth-order valence-corrected chi connectivity index (χ4v) is 0.993. The second-order valence-electron chi connectivity index (χ2n) is 2.45. The molecule has 0 aliphatic rings. The molecular formula is C9H9ClNaO3. The third-order valence-corrected chi connectivity index (χ3v) is 1.62. The maximum atomic E-state index is 10.2. The van der Waals surface area contributed by atoms with Crippen molar-refractivity contribution in [1.29, 1.82) is 0 Å². The number of hydrogen-bond donors (Lipinski definition) is 1. The predicted octanol–water partition coefficient (Wildman–Crippen LogP) is 1.81. The van der Waals surface area contributed by atoms with Gasteiger partial charge in [-0.2, -0.15) is 0 Å². The average molecular weight is 224 g/mol. The first-order valence-electron chi connectivity index (χ1n) is 3.78. The van der Waals surface area contributed by atoms with Gasteiger partial charge in [-0.25, -0.2) is 0 Å². The molecule has 0 spiro atoms. The number of carbonyl (C=O) groups is 1. The van der Waals surface area contributed by atoms with E-state index in [2.05, 4.69) is 0 Å². The van der Waals surface area contributed by atoms with Gasteiger partial charge in [-0.15, -0.1) is 0 Å². The molecule has 0 heterocycles. The van der Waals surface area contributed by atoms with Gasteiger partial charge >= 0.3 is 5.97 Å². The van der Waals surface area contributed by atoms with Crippen molar-refractivity contribution >= 4 is 47.1 Å². The first-order valence-corrected chi connectivity index (χ1v) is 4.16. The molecule has 71 valence electrons. The molecule has 1 rings (SSSR count). The van der Waals surface area contributed by atoms with Crippen molar-refractivity contribution in [3.8, 4) is 5.75 Å². The van der Waals surface area contributed by atoms with E-state index >= 15 is 0 Å². The summed E-state index contributed by atoms with van der Waals surface area (Å²) in [6, 6.07) is 6.85. The summed E-state index contributed by atoms with van der Waals surface area (Å²) in [5.74, 6) is -0.282. The van der Waals surface area contributed by atoms with Crippen molar-refractivity contribution in [1.82, 2.24) is 0 Å². The molecule has 0 aliphatic heterocycles. The number of aliphatic carboxylic acids is 1. The van der Waals surface area contributed by atoms with E-state index < -0.39 is 5.97 Å². The van der Waals surface area contributed by atoms with Crippen LogP contribution in [0.1, 0.15) is 6.42 Å². The Bertz CT molecular complexity index is 304. The van der Waals surface area contributed by atoms with Crippen molar-refractivity contribution in [3.63, 3.8) is 0 Å². The molecule has 3 nitrogen and oxygen atoms in total. The van der Waals surface area contributed by atoms with Crippen molar-refractivity contribution in [2.24, 2.45) is 0 Å². The molecule has 0 fully saturated rings. The second kappa shape index (κ2) is 7.12. The minimum atomic E-state index is -0.873. The fourth-order valence-electron chi connectivity index (χ4n) is 0.813. The summed E-state index contributed by atoms with van der Waals surface area (Å²) in [6.45, 7) is 0.162. The van der Waals surface area contributed by atoms with Crippen molar-refractivity contribution in [2.45, 2.75) is 6.42 Å². The molecule has 1 radical (unpaired) electrons. The molecule has 1 N–H and O–H groups in total. The number of carboxylic acid groups (broad SMARTS) is 1. The van der Waals surface area contributed by atoms with E-state index in [-0.39, 0.29) is 42.6 Å². The summed E-state index contributed by atoms with van der Waals surface area (Å²) < 4.78 is 5.13. The van der Waals surface area contributed by atoms with Gasteiger partial charge in [0.1, 0.15) is 5.75 Å². The largest absolute Gasteiger partial charge is 0.493 e. The molecule has 0 unspecified atom stereocenters. The third kappa shape index (κ3) is 5.50. The molecule has 0 saturated carbocycles. The van der Waals surface area contributed by atoms with Crippen LogP contribution in [0, 0.1) is 0 Å². The van der Waals surface area contributed by atoms with E-state index in [4.69, 9.17) is 21.4 Å². The van der Waals surface area contributed by atoms with Gasteiger partial charge in [-0.1, -0.05) is 17.7 Å². The van der Waals surface area contributed by atoms with Gasteiger partial charge < -0.3 is 9.84 Å². The zero-order chi connectivity index (χ0) is 9.68. The van der Waals surface area contributed by atoms with Gasteiger partial charge in [0.2, 0.25) is 0 Å². The van der Waals surface area contributed by atoms with Crippen LogP contribution in [-0.4, -0.2) is 47.2 Å². The smallest absolute Gasteiger partial charge is 0.306 e. The Labute approximate surface area is 109 Å². The monoisotopic (exact) mass is 223 g/mol. The molecule has 0 amide bonds. The number of carboxylic acids is 1. The van der Waals surface area contributed by atoms with E-state index in [1.54, 1.807) is 24.3 Å². The Kier molecular flexibility index (Phi) is 7.01. The first-order chi connectivity index (χ1) is 6.18. The summed E-state index contributed by atoms with van der Waals surface area (Å²) in [5.41, 5.74) is 0. The summed E-state index contributed by atoms with van der Waals surface area (Å²) in [7, 11) is 0. The molecule has 1 aromatic carbocycles. The van der Waals surface area contributed by atoms with Gasteiger partial charge in [-0.05, 0) is 18.2 Å². The van der Waals surface area contributed by atoms with Crippen LogP contribution in [0.25, 0.3) is 0 Å². The summed E-state index contributed by atoms with van der Waals surface area (Å²) in [6.07, 6.45) is -0.00743. The van der Waals surface area contributed by atoms with Gasteiger partial charge in [0.15, 0.2) is 0 Å². The van der Waals surface area contributed by atoms with Crippen LogP contribution in [0.3, 0.4) is 0 Å². The number of halogens is 1. The minimum Gasteiger partial charge on any atom is -0.493 e. The molecule has 0 bridgehead atoms. The van der Waals surface area contributed by atoms with Crippen LogP contribution in [-0.2, 0) is 4.79 Å². The van der Waals surface area contributed by atoms with Crippen LogP contribution in [0.15, 0.2) is 24.3 Å². The standard InChI is InChI=1S/C9H9ClO3.Na/c10-7-2-1-3-8(6-7)13-5-4-9(11)12;/h1-3,6H,4-5H2,(H,11,12);. The molecule has 14 heavy (non-hydrogen) atoms. The maximum absolute atomic E-state index is 10.2. The number of ether oxygens (including phenoxy) is 1. The fraction of sp³-hybridized carbons (Fsp3) is 0.222. The van der Waals surface area contributed by atoms with E-state index in [0.717, 1.165) is 0 Å². The summed E-state index contributed by atoms with van der Waals surface area (Å²) >= 11 is 5.69. The number of rotatable bonds is 4.